The number of anilines is 1. The summed E-state index contributed by atoms with van der Waals surface area (Å²) in [5, 5.41) is 4.10. The first kappa shape index (κ1) is 20.9. The highest BCUT2D eigenvalue weighted by atomic mass is 35.5. The molecule has 2 heterocycles. The summed E-state index contributed by atoms with van der Waals surface area (Å²) in [5.74, 6) is 0.552. The van der Waals surface area contributed by atoms with Crippen molar-refractivity contribution in [1.82, 2.24) is 9.88 Å². The van der Waals surface area contributed by atoms with Crippen LogP contribution in [0.4, 0.5) is 5.13 Å². The number of rotatable bonds is 6. The van der Waals surface area contributed by atoms with E-state index in [9.17, 15) is 9.59 Å². The molecule has 1 aliphatic heterocycles. The molecule has 0 spiro atoms. The van der Waals surface area contributed by atoms with E-state index >= 15 is 0 Å². The van der Waals surface area contributed by atoms with Gasteiger partial charge in [0.25, 0.3) is 5.91 Å². The number of carbonyl (C=O) groups is 2. The van der Waals surface area contributed by atoms with Gasteiger partial charge in [-0.2, -0.15) is 0 Å². The van der Waals surface area contributed by atoms with Crippen LogP contribution in [0, 0.1) is 5.92 Å². The second-order valence-electron chi connectivity index (χ2n) is 6.96. The second kappa shape index (κ2) is 9.11. The molecule has 0 atom stereocenters. The highest BCUT2D eigenvalue weighted by Crippen LogP contribution is 2.30. The molecular formula is C19H21Cl2N3O3S. The van der Waals surface area contributed by atoms with E-state index < -0.39 is 0 Å². The van der Waals surface area contributed by atoms with Crippen molar-refractivity contribution in [2.24, 2.45) is 5.92 Å². The number of halogens is 2. The number of ether oxygens (including phenoxy) is 1. The molecule has 9 heteroatoms. The molecule has 28 heavy (non-hydrogen) atoms. The number of nitrogens with one attached hydrogen (secondary N) is 1. The third-order valence-electron chi connectivity index (χ3n) is 4.17. The molecule has 0 saturated heterocycles. The molecule has 150 valence electrons. The number of hydrogen-bond donors (Lipinski definition) is 1. The van der Waals surface area contributed by atoms with Crippen LogP contribution in [0.2, 0.25) is 10.0 Å². The van der Waals surface area contributed by atoms with Crippen molar-refractivity contribution >= 4 is 51.5 Å². The molecule has 3 rings (SSSR count). The van der Waals surface area contributed by atoms with Crippen LogP contribution < -0.4 is 10.1 Å². The van der Waals surface area contributed by atoms with Crippen LogP contribution >= 0.6 is 34.5 Å². The highest BCUT2D eigenvalue weighted by Gasteiger charge is 2.24. The summed E-state index contributed by atoms with van der Waals surface area (Å²) in [6, 6.07) is 4.81. The Morgan fingerprint density at radius 3 is 2.86 bits per heavy atom. The Morgan fingerprint density at radius 2 is 2.14 bits per heavy atom. The number of benzene rings is 1. The Morgan fingerprint density at radius 1 is 1.36 bits per heavy atom. The summed E-state index contributed by atoms with van der Waals surface area (Å²) in [6.45, 7) is 5.09. The Labute approximate surface area is 177 Å². The predicted octanol–water partition coefficient (Wildman–Crippen LogP) is 4.40. The molecule has 0 saturated carbocycles. The maximum atomic E-state index is 12.3. The maximum Gasteiger partial charge on any atom is 0.264 e. The first-order valence-electron chi connectivity index (χ1n) is 8.96. The van der Waals surface area contributed by atoms with Gasteiger partial charge in [0.05, 0.1) is 17.3 Å². The Bertz CT molecular complexity index is 885. The van der Waals surface area contributed by atoms with Crippen LogP contribution in [0.15, 0.2) is 18.2 Å². The van der Waals surface area contributed by atoms with E-state index in [1.165, 1.54) is 11.3 Å². The van der Waals surface area contributed by atoms with Gasteiger partial charge in [0.2, 0.25) is 5.91 Å². The number of aromatic nitrogens is 1. The smallest absolute Gasteiger partial charge is 0.264 e. The minimum Gasteiger partial charge on any atom is -0.482 e. The zero-order chi connectivity index (χ0) is 20.3. The molecule has 2 aromatic rings. The minimum absolute atomic E-state index is 0.160. The van der Waals surface area contributed by atoms with Crippen LogP contribution in [0.1, 0.15) is 30.8 Å². The van der Waals surface area contributed by atoms with Crippen LogP contribution in [-0.2, 0) is 22.6 Å². The van der Waals surface area contributed by atoms with Gasteiger partial charge in [-0.25, -0.2) is 4.98 Å². The Balaban J connectivity index is 1.55. The van der Waals surface area contributed by atoms with E-state index in [1.54, 1.807) is 18.2 Å². The quantitative estimate of drug-likeness (QED) is 0.720. The fourth-order valence-corrected chi connectivity index (χ4v) is 4.33. The number of amides is 2. The molecule has 1 aromatic heterocycles. The average molecular weight is 442 g/mol. The van der Waals surface area contributed by atoms with Gasteiger partial charge in [0, 0.05) is 29.3 Å². The lowest BCUT2D eigenvalue weighted by Crippen LogP contribution is -2.36. The third kappa shape index (κ3) is 5.37. The molecule has 1 aromatic carbocycles. The molecule has 6 nitrogen and oxygen atoms in total. The van der Waals surface area contributed by atoms with Gasteiger partial charge in [-0.3, -0.25) is 14.9 Å². The van der Waals surface area contributed by atoms with Crippen LogP contribution in [-0.4, -0.2) is 34.8 Å². The van der Waals surface area contributed by atoms with Crippen LogP contribution in [0.5, 0.6) is 5.75 Å². The summed E-state index contributed by atoms with van der Waals surface area (Å²) in [7, 11) is 0. The number of hydrogen-bond acceptors (Lipinski definition) is 5. The molecule has 1 N–H and O–H groups in total. The van der Waals surface area contributed by atoms with Crippen molar-refractivity contribution in [3.8, 4) is 5.75 Å². The number of thiazole rings is 1. The highest BCUT2D eigenvalue weighted by molar-refractivity contribution is 7.15. The van der Waals surface area contributed by atoms with Gasteiger partial charge >= 0.3 is 0 Å². The van der Waals surface area contributed by atoms with E-state index in [-0.39, 0.29) is 18.4 Å². The molecule has 0 bridgehead atoms. The lowest BCUT2D eigenvalue weighted by atomic mass is 10.1. The van der Waals surface area contributed by atoms with E-state index in [1.807, 2.05) is 18.7 Å². The molecule has 0 aliphatic carbocycles. The van der Waals surface area contributed by atoms with Crippen LogP contribution in [0.25, 0.3) is 0 Å². The van der Waals surface area contributed by atoms with Crippen molar-refractivity contribution in [2.75, 3.05) is 18.5 Å². The maximum absolute atomic E-state index is 12.3. The fraction of sp³-hybridized carbons (Fsp3) is 0.421. The van der Waals surface area contributed by atoms with Gasteiger partial charge in [0.15, 0.2) is 11.7 Å². The molecule has 0 unspecified atom stereocenters. The summed E-state index contributed by atoms with van der Waals surface area (Å²) in [4.78, 5) is 31.8. The first-order chi connectivity index (χ1) is 13.3. The predicted molar refractivity (Wildman–Crippen MR) is 111 cm³/mol. The average Bonchev–Trinajstić information content (AvgIpc) is 3.01. The van der Waals surface area contributed by atoms with Crippen molar-refractivity contribution in [2.45, 2.75) is 33.2 Å². The Kier molecular flexibility index (Phi) is 6.80. The van der Waals surface area contributed by atoms with Crippen molar-refractivity contribution < 1.29 is 14.3 Å². The third-order valence-corrected chi connectivity index (χ3v) is 5.69. The fourth-order valence-electron chi connectivity index (χ4n) is 2.83. The van der Waals surface area contributed by atoms with Gasteiger partial charge in [-0.15, -0.1) is 0 Å². The monoisotopic (exact) mass is 441 g/mol. The summed E-state index contributed by atoms with van der Waals surface area (Å²) >= 11 is 13.3. The molecule has 2 amide bonds. The number of carbonyl (C=O) groups excluding carboxylic acids is 2. The molecule has 0 radical (unpaired) electrons. The van der Waals surface area contributed by atoms with E-state index in [0.717, 1.165) is 10.6 Å². The van der Waals surface area contributed by atoms with Gasteiger partial charge < -0.3 is 9.64 Å². The van der Waals surface area contributed by atoms with Crippen molar-refractivity contribution in [3.63, 3.8) is 0 Å². The van der Waals surface area contributed by atoms with Gasteiger partial charge in [-0.05, 0) is 24.1 Å². The topological polar surface area (TPSA) is 71.5 Å². The standard InChI is InChI=1S/C19H21Cl2N3O3S/c1-11(2)7-18(26)24-6-5-14-16(9-24)28-19(22-14)23-17(25)10-27-15-4-3-12(20)8-13(15)21/h3-4,8,11H,5-7,9-10H2,1-2H3,(H,22,23,25). The molecule has 0 fully saturated rings. The second-order valence-corrected chi connectivity index (χ2v) is 8.89. The lowest BCUT2D eigenvalue weighted by Gasteiger charge is -2.26. The normalized spacial score (nSPS) is 13.4. The van der Waals surface area contributed by atoms with Gasteiger partial charge in [0.1, 0.15) is 5.75 Å². The van der Waals surface area contributed by atoms with Gasteiger partial charge in [-0.1, -0.05) is 48.4 Å². The molecular weight excluding hydrogens is 421 g/mol. The Hall–Kier alpha value is -1.83. The SMILES string of the molecule is CC(C)CC(=O)N1CCc2nc(NC(=O)COc3ccc(Cl)cc3Cl)sc2C1. The van der Waals surface area contributed by atoms with Crippen molar-refractivity contribution in [1.29, 1.82) is 0 Å². The number of fused-ring (bicyclic) bond motifs is 1. The summed E-state index contributed by atoms with van der Waals surface area (Å²) in [5.41, 5.74) is 0.940. The first-order valence-corrected chi connectivity index (χ1v) is 10.5. The van der Waals surface area contributed by atoms with E-state index in [2.05, 4.69) is 10.3 Å². The van der Waals surface area contributed by atoms with Crippen LogP contribution in [0.3, 0.4) is 0 Å². The lowest BCUT2D eigenvalue weighted by molar-refractivity contribution is -0.132. The molecule has 1 aliphatic rings. The van der Waals surface area contributed by atoms with E-state index in [4.69, 9.17) is 27.9 Å². The van der Waals surface area contributed by atoms with Crippen molar-refractivity contribution in [3.05, 3.63) is 38.8 Å². The summed E-state index contributed by atoms with van der Waals surface area (Å²) < 4.78 is 5.43. The van der Waals surface area contributed by atoms with E-state index in [0.29, 0.717) is 52.8 Å². The largest absolute Gasteiger partial charge is 0.482 e. The zero-order valence-electron chi connectivity index (χ0n) is 15.6. The number of nitrogens with zero attached hydrogens (tertiary/aromatic N) is 2. The summed E-state index contributed by atoms with van der Waals surface area (Å²) in [6.07, 6.45) is 1.24. The zero-order valence-corrected chi connectivity index (χ0v) is 18.0. The minimum atomic E-state index is -0.329.